The zero-order valence-electron chi connectivity index (χ0n) is 15.2. The lowest BCUT2D eigenvalue weighted by Crippen LogP contribution is -2.44. The number of nitrogens with zero attached hydrogens (tertiary/aromatic N) is 3. The summed E-state index contributed by atoms with van der Waals surface area (Å²) in [4.78, 5) is 15.7. The lowest BCUT2D eigenvalue weighted by molar-refractivity contribution is 0.0917. The third-order valence-corrected chi connectivity index (χ3v) is 6.84. The minimum atomic E-state index is 0.0222. The van der Waals surface area contributed by atoms with Gasteiger partial charge in [0.05, 0.1) is 4.88 Å². The first kappa shape index (κ1) is 18.3. The second kappa shape index (κ2) is 8.29. The van der Waals surface area contributed by atoms with E-state index < -0.39 is 0 Å². The van der Waals surface area contributed by atoms with Crippen LogP contribution in [0.5, 0.6) is 0 Å². The molecule has 0 unspecified atom stereocenters. The van der Waals surface area contributed by atoms with Crippen molar-refractivity contribution >= 4 is 28.6 Å². The first-order valence-corrected chi connectivity index (χ1v) is 10.9. The van der Waals surface area contributed by atoms with Crippen molar-refractivity contribution in [3.8, 4) is 21.1 Å². The molecule has 1 amide bonds. The normalized spacial score (nSPS) is 15.7. The maximum absolute atomic E-state index is 12.6. The molecule has 0 bridgehead atoms. The lowest BCUT2D eigenvalue weighted by Gasteiger charge is -2.31. The molecule has 0 atom stereocenters. The fourth-order valence-electron chi connectivity index (χ4n) is 3.25. The molecule has 7 heteroatoms. The summed E-state index contributed by atoms with van der Waals surface area (Å²) in [6, 6.07) is 12.2. The van der Waals surface area contributed by atoms with Gasteiger partial charge in [-0.25, -0.2) is 0 Å². The van der Waals surface area contributed by atoms with Crippen LogP contribution in [0.3, 0.4) is 0 Å². The number of amides is 1. The number of carbonyl (C=O) groups is 1. The molecule has 0 saturated carbocycles. The molecule has 1 N–H and O–H groups in total. The van der Waals surface area contributed by atoms with Gasteiger partial charge in [0.1, 0.15) is 10.0 Å². The highest BCUT2D eigenvalue weighted by Gasteiger charge is 2.21. The predicted octanol–water partition coefficient (Wildman–Crippen LogP) is 4.15. The molecule has 4 rings (SSSR count). The molecule has 1 fully saturated rings. The quantitative estimate of drug-likeness (QED) is 0.701. The second-order valence-corrected chi connectivity index (χ2v) is 8.55. The molecule has 0 radical (unpaired) electrons. The third-order valence-electron chi connectivity index (χ3n) is 4.89. The van der Waals surface area contributed by atoms with E-state index in [1.54, 1.807) is 11.3 Å². The highest BCUT2D eigenvalue weighted by Crippen LogP contribution is 2.32. The van der Waals surface area contributed by atoms with Crippen molar-refractivity contribution in [2.24, 2.45) is 0 Å². The summed E-state index contributed by atoms with van der Waals surface area (Å²) in [6.45, 7) is 5.39. The molecule has 3 aromatic rings. The molecule has 2 aromatic heterocycles. The Labute approximate surface area is 167 Å². The van der Waals surface area contributed by atoms with E-state index in [1.807, 2.05) is 41.8 Å². The maximum atomic E-state index is 12.6. The molecule has 3 heterocycles. The Morgan fingerprint density at radius 1 is 1.15 bits per heavy atom. The van der Waals surface area contributed by atoms with Crippen LogP contribution >= 0.6 is 22.7 Å². The Hall–Kier alpha value is -2.09. The summed E-state index contributed by atoms with van der Waals surface area (Å²) in [6.07, 6.45) is 2.04. The molecule has 140 valence electrons. The average molecular weight is 399 g/mol. The van der Waals surface area contributed by atoms with Crippen LogP contribution < -0.4 is 5.32 Å². The van der Waals surface area contributed by atoms with Gasteiger partial charge in [-0.2, -0.15) is 0 Å². The number of likely N-dealkylation sites (tertiary alicyclic amines) is 1. The molecule has 1 saturated heterocycles. The van der Waals surface area contributed by atoms with E-state index in [2.05, 4.69) is 27.3 Å². The molecule has 0 spiro atoms. The predicted molar refractivity (Wildman–Crippen MR) is 111 cm³/mol. The van der Waals surface area contributed by atoms with Crippen molar-refractivity contribution in [1.82, 2.24) is 20.4 Å². The third kappa shape index (κ3) is 4.26. The van der Waals surface area contributed by atoms with Gasteiger partial charge in [0.15, 0.2) is 0 Å². The summed E-state index contributed by atoms with van der Waals surface area (Å²) in [5.41, 5.74) is 2.03. The van der Waals surface area contributed by atoms with Gasteiger partial charge in [-0.15, -0.1) is 21.5 Å². The van der Waals surface area contributed by atoms with Crippen molar-refractivity contribution in [2.45, 2.75) is 25.8 Å². The zero-order chi connectivity index (χ0) is 18.6. The van der Waals surface area contributed by atoms with Crippen LogP contribution in [0.1, 0.15) is 29.4 Å². The topological polar surface area (TPSA) is 58.1 Å². The molecule has 1 aliphatic heterocycles. The van der Waals surface area contributed by atoms with Crippen molar-refractivity contribution < 1.29 is 4.79 Å². The van der Waals surface area contributed by atoms with E-state index >= 15 is 0 Å². The van der Waals surface area contributed by atoms with Gasteiger partial charge in [-0.3, -0.25) is 4.79 Å². The first-order chi connectivity index (χ1) is 13.2. The average Bonchev–Trinajstić information content (AvgIpc) is 3.39. The molecule has 5 nitrogen and oxygen atoms in total. The van der Waals surface area contributed by atoms with Gasteiger partial charge < -0.3 is 10.2 Å². The van der Waals surface area contributed by atoms with Gasteiger partial charge in [-0.05, 0) is 25.5 Å². The number of piperidine rings is 1. The Morgan fingerprint density at radius 3 is 2.56 bits per heavy atom. The molecule has 1 aliphatic rings. The number of aromatic nitrogens is 2. The Bertz CT molecular complexity index is 898. The molecule has 27 heavy (non-hydrogen) atoms. The summed E-state index contributed by atoms with van der Waals surface area (Å²) < 4.78 is 0. The van der Waals surface area contributed by atoms with Gasteiger partial charge in [0.2, 0.25) is 0 Å². The monoisotopic (exact) mass is 398 g/mol. The highest BCUT2D eigenvalue weighted by atomic mass is 32.1. The zero-order valence-corrected chi connectivity index (χ0v) is 16.9. The number of thiophene rings is 1. The van der Waals surface area contributed by atoms with Crippen LogP contribution in [-0.2, 0) is 0 Å². The number of hydrogen-bond donors (Lipinski definition) is 1. The van der Waals surface area contributed by atoms with Crippen LogP contribution in [0.4, 0.5) is 0 Å². The lowest BCUT2D eigenvalue weighted by atomic mass is 10.1. The van der Waals surface area contributed by atoms with E-state index in [0.29, 0.717) is 0 Å². The van der Waals surface area contributed by atoms with E-state index in [1.165, 1.54) is 11.3 Å². The Kier molecular flexibility index (Phi) is 5.61. The summed E-state index contributed by atoms with van der Waals surface area (Å²) in [7, 11) is 0. The first-order valence-electron chi connectivity index (χ1n) is 9.24. The number of rotatable bonds is 5. The van der Waals surface area contributed by atoms with E-state index in [0.717, 1.165) is 58.5 Å². The highest BCUT2D eigenvalue weighted by molar-refractivity contribution is 7.18. The van der Waals surface area contributed by atoms with Crippen LogP contribution in [0.2, 0.25) is 0 Å². The van der Waals surface area contributed by atoms with E-state index in [4.69, 9.17) is 0 Å². The molecular formula is C20H22N4OS2. The van der Waals surface area contributed by atoms with Crippen molar-refractivity contribution in [3.05, 3.63) is 46.7 Å². The fourth-order valence-corrected chi connectivity index (χ4v) is 4.96. The standard InChI is InChI=1S/C20H22N4OS2/c1-2-24-10-8-16(9-11-24)21-18(25)17-12-15(13-26-17)20-23-22-19(27-20)14-6-4-3-5-7-14/h3-7,12-13,16H,2,8-11H2,1H3,(H,21,25). The van der Waals surface area contributed by atoms with Crippen LogP contribution in [0, 0.1) is 0 Å². The van der Waals surface area contributed by atoms with E-state index in [9.17, 15) is 4.79 Å². The van der Waals surface area contributed by atoms with Gasteiger partial charge in [0.25, 0.3) is 5.91 Å². The molecule has 0 aliphatic carbocycles. The van der Waals surface area contributed by atoms with Crippen molar-refractivity contribution in [1.29, 1.82) is 0 Å². The van der Waals surface area contributed by atoms with Crippen molar-refractivity contribution in [3.63, 3.8) is 0 Å². The fraction of sp³-hybridized carbons (Fsp3) is 0.350. The molecule has 1 aromatic carbocycles. The minimum absolute atomic E-state index is 0.0222. The van der Waals surface area contributed by atoms with E-state index in [-0.39, 0.29) is 11.9 Å². The number of carbonyl (C=O) groups excluding carboxylic acids is 1. The van der Waals surface area contributed by atoms with Gasteiger partial charge in [-0.1, -0.05) is 48.6 Å². The number of nitrogens with one attached hydrogen (secondary N) is 1. The van der Waals surface area contributed by atoms with Gasteiger partial charge in [0, 0.05) is 35.6 Å². The van der Waals surface area contributed by atoms with Crippen LogP contribution in [0.15, 0.2) is 41.8 Å². The Balaban J connectivity index is 1.41. The minimum Gasteiger partial charge on any atom is -0.349 e. The largest absolute Gasteiger partial charge is 0.349 e. The number of hydrogen-bond acceptors (Lipinski definition) is 6. The maximum Gasteiger partial charge on any atom is 0.261 e. The second-order valence-electron chi connectivity index (χ2n) is 6.66. The van der Waals surface area contributed by atoms with Crippen LogP contribution in [-0.4, -0.2) is 46.7 Å². The Morgan fingerprint density at radius 2 is 1.85 bits per heavy atom. The molecular weight excluding hydrogens is 376 g/mol. The summed E-state index contributed by atoms with van der Waals surface area (Å²) in [5, 5.41) is 15.5. The smallest absolute Gasteiger partial charge is 0.261 e. The number of benzene rings is 1. The summed E-state index contributed by atoms with van der Waals surface area (Å²) in [5.74, 6) is 0.0222. The SMILES string of the molecule is CCN1CCC(NC(=O)c2cc(-c3nnc(-c4ccccc4)s3)cs2)CC1. The summed E-state index contributed by atoms with van der Waals surface area (Å²) >= 11 is 3.02. The van der Waals surface area contributed by atoms with Crippen LogP contribution in [0.25, 0.3) is 21.1 Å². The van der Waals surface area contributed by atoms with Gasteiger partial charge >= 0.3 is 0 Å². The van der Waals surface area contributed by atoms with Crippen molar-refractivity contribution in [2.75, 3.05) is 19.6 Å².